The third-order valence-corrected chi connectivity index (χ3v) is 2.79. The summed E-state index contributed by atoms with van der Waals surface area (Å²) in [5.74, 6) is 0.00312. The Kier molecular flexibility index (Phi) is 4.21. The van der Waals surface area contributed by atoms with Crippen LogP contribution in [0.3, 0.4) is 0 Å². The van der Waals surface area contributed by atoms with Gasteiger partial charge in [0.05, 0.1) is 10.6 Å². The van der Waals surface area contributed by atoms with Crippen molar-refractivity contribution in [2.24, 2.45) is 5.73 Å². The number of nitrogens with two attached hydrogens (primary N) is 1. The van der Waals surface area contributed by atoms with E-state index in [9.17, 15) is 13.2 Å². The Morgan fingerprint density at radius 3 is 2.50 bits per heavy atom. The van der Waals surface area contributed by atoms with Gasteiger partial charge >= 0.3 is 6.18 Å². The van der Waals surface area contributed by atoms with Crippen LogP contribution in [-0.4, -0.2) is 6.54 Å². The monoisotopic (exact) mass is 251 g/mol. The second kappa shape index (κ2) is 5.06. The molecule has 5 heteroatoms. The highest BCUT2D eigenvalue weighted by Crippen LogP contribution is 2.36. The average molecular weight is 252 g/mol. The van der Waals surface area contributed by atoms with Gasteiger partial charge < -0.3 is 5.73 Å². The SMILES string of the molecule is CC(CCN)c1ccc(Cl)c(C(F)(F)F)c1. The predicted molar refractivity (Wildman–Crippen MR) is 58.5 cm³/mol. The second-order valence-electron chi connectivity index (χ2n) is 3.72. The summed E-state index contributed by atoms with van der Waals surface area (Å²) in [6.07, 6.45) is -3.76. The molecule has 0 aliphatic heterocycles. The number of alkyl halides is 3. The number of rotatable bonds is 3. The first kappa shape index (κ1) is 13.3. The van der Waals surface area contributed by atoms with Crippen LogP contribution in [0.2, 0.25) is 5.02 Å². The third kappa shape index (κ3) is 3.12. The van der Waals surface area contributed by atoms with Crippen molar-refractivity contribution < 1.29 is 13.2 Å². The van der Waals surface area contributed by atoms with Crippen molar-refractivity contribution in [3.8, 4) is 0 Å². The van der Waals surface area contributed by atoms with Crippen LogP contribution in [0.15, 0.2) is 18.2 Å². The van der Waals surface area contributed by atoms with Gasteiger partial charge in [-0.2, -0.15) is 13.2 Å². The molecule has 0 bridgehead atoms. The van der Waals surface area contributed by atoms with Gasteiger partial charge in [-0.15, -0.1) is 0 Å². The molecular weight excluding hydrogens is 239 g/mol. The summed E-state index contributed by atoms with van der Waals surface area (Å²) in [4.78, 5) is 0. The van der Waals surface area contributed by atoms with E-state index in [0.717, 1.165) is 6.07 Å². The fourth-order valence-electron chi connectivity index (χ4n) is 1.48. The number of benzene rings is 1. The van der Waals surface area contributed by atoms with Crippen molar-refractivity contribution in [2.45, 2.75) is 25.4 Å². The summed E-state index contributed by atoms with van der Waals surface area (Å²) < 4.78 is 37.7. The lowest BCUT2D eigenvalue weighted by molar-refractivity contribution is -0.137. The van der Waals surface area contributed by atoms with E-state index in [1.807, 2.05) is 6.92 Å². The Morgan fingerprint density at radius 1 is 1.38 bits per heavy atom. The largest absolute Gasteiger partial charge is 0.417 e. The Hall–Kier alpha value is -0.740. The quantitative estimate of drug-likeness (QED) is 0.869. The van der Waals surface area contributed by atoms with Gasteiger partial charge in [-0.25, -0.2) is 0 Å². The molecule has 1 nitrogen and oxygen atoms in total. The van der Waals surface area contributed by atoms with Gasteiger partial charge in [-0.3, -0.25) is 0 Å². The van der Waals surface area contributed by atoms with E-state index in [1.54, 1.807) is 6.07 Å². The molecule has 0 aromatic heterocycles. The van der Waals surface area contributed by atoms with E-state index in [1.165, 1.54) is 6.07 Å². The highest BCUT2D eigenvalue weighted by atomic mass is 35.5. The van der Waals surface area contributed by atoms with Gasteiger partial charge in [0, 0.05) is 0 Å². The van der Waals surface area contributed by atoms with Crippen LogP contribution in [0.4, 0.5) is 13.2 Å². The number of halogens is 4. The van der Waals surface area contributed by atoms with Crippen LogP contribution in [0.5, 0.6) is 0 Å². The van der Waals surface area contributed by atoms with Crippen molar-refractivity contribution in [2.75, 3.05) is 6.54 Å². The van der Waals surface area contributed by atoms with Gasteiger partial charge in [0.2, 0.25) is 0 Å². The number of hydrogen-bond acceptors (Lipinski definition) is 1. The van der Waals surface area contributed by atoms with Crippen LogP contribution in [0.1, 0.15) is 30.4 Å². The molecule has 0 heterocycles. The van der Waals surface area contributed by atoms with Crippen LogP contribution in [0.25, 0.3) is 0 Å². The summed E-state index contributed by atoms with van der Waals surface area (Å²) in [5, 5.41) is -0.267. The molecule has 0 fully saturated rings. The van der Waals surface area contributed by atoms with E-state index < -0.39 is 11.7 Å². The van der Waals surface area contributed by atoms with Crippen molar-refractivity contribution in [1.29, 1.82) is 0 Å². The van der Waals surface area contributed by atoms with Gasteiger partial charge in [-0.1, -0.05) is 24.6 Å². The van der Waals surface area contributed by atoms with E-state index in [0.29, 0.717) is 18.5 Å². The summed E-state index contributed by atoms with van der Waals surface area (Å²) in [7, 11) is 0. The Morgan fingerprint density at radius 2 is 2.00 bits per heavy atom. The molecule has 0 radical (unpaired) electrons. The maximum Gasteiger partial charge on any atom is 0.417 e. The maximum atomic E-state index is 12.6. The first-order valence-electron chi connectivity index (χ1n) is 4.93. The molecule has 1 rings (SSSR count). The minimum absolute atomic E-state index is 0.00312. The van der Waals surface area contributed by atoms with Crippen molar-refractivity contribution >= 4 is 11.6 Å². The van der Waals surface area contributed by atoms with Crippen LogP contribution >= 0.6 is 11.6 Å². The Balaban J connectivity index is 3.07. The molecule has 1 unspecified atom stereocenters. The Labute approximate surface area is 97.4 Å². The molecule has 0 saturated heterocycles. The van der Waals surface area contributed by atoms with Gasteiger partial charge in [0.25, 0.3) is 0 Å². The molecule has 1 atom stereocenters. The van der Waals surface area contributed by atoms with Gasteiger partial charge in [0.15, 0.2) is 0 Å². The summed E-state index contributed by atoms with van der Waals surface area (Å²) in [5.41, 5.74) is 5.20. The lowest BCUT2D eigenvalue weighted by Crippen LogP contribution is -2.09. The highest BCUT2D eigenvalue weighted by molar-refractivity contribution is 6.31. The molecule has 90 valence electrons. The zero-order chi connectivity index (χ0) is 12.3. The summed E-state index contributed by atoms with van der Waals surface area (Å²) in [6.45, 7) is 2.29. The standard InChI is InChI=1S/C11H13ClF3N/c1-7(4-5-16)8-2-3-10(12)9(6-8)11(13,14)15/h2-3,6-7H,4-5,16H2,1H3. The molecule has 0 amide bonds. The van der Waals surface area contributed by atoms with Crippen molar-refractivity contribution in [3.63, 3.8) is 0 Å². The molecule has 0 spiro atoms. The van der Waals surface area contributed by atoms with Crippen LogP contribution in [0, 0.1) is 0 Å². The first-order valence-corrected chi connectivity index (χ1v) is 5.30. The first-order chi connectivity index (χ1) is 7.36. The van der Waals surface area contributed by atoms with E-state index in [2.05, 4.69) is 0 Å². The molecule has 16 heavy (non-hydrogen) atoms. The fraction of sp³-hybridized carbons (Fsp3) is 0.455. The third-order valence-electron chi connectivity index (χ3n) is 2.46. The molecule has 1 aromatic carbocycles. The molecule has 0 aliphatic rings. The van der Waals surface area contributed by atoms with Crippen LogP contribution in [-0.2, 0) is 6.18 Å². The molecule has 0 aliphatic carbocycles. The minimum atomic E-state index is -4.41. The average Bonchev–Trinajstić information content (AvgIpc) is 2.16. The number of hydrogen-bond donors (Lipinski definition) is 1. The zero-order valence-corrected chi connectivity index (χ0v) is 9.57. The van der Waals surface area contributed by atoms with E-state index >= 15 is 0 Å². The van der Waals surface area contributed by atoms with Crippen molar-refractivity contribution in [3.05, 3.63) is 34.3 Å². The van der Waals surface area contributed by atoms with E-state index in [-0.39, 0.29) is 10.9 Å². The molecular formula is C11H13ClF3N. The fourth-order valence-corrected chi connectivity index (χ4v) is 1.71. The lowest BCUT2D eigenvalue weighted by atomic mass is 9.96. The topological polar surface area (TPSA) is 26.0 Å². The smallest absolute Gasteiger partial charge is 0.330 e. The highest BCUT2D eigenvalue weighted by Gasteiger charge is 2.33. The molecule has 1 aromatic rings. The summed E-state index contributed by atoms with van der Waals surface area (Å²) >= 11 is 5.52. The summed E-state index contributed by atoms with van der Waals surface area (Å²) in [6, 6.07) is 3.99. The lowest BCUT2D eigenvalue weighted by Gasteiger charge is -2.14. The van der Waals surface area contributed by atoms with Crippen LogP contribution < -0.4 is 5.73 Å². The molecule has 0 saturated carbocycles. The minimum Gasteiger partial charge on any atom is -0.330 e. The maximum absolute atomic E-state index is 12.6. The normalized spacial score (nSPS) is 13.9. The zero-order valence-electron chi connectivity index (χ0n) is 8.81. The Bertz CT molecular complexity index is 363. The van der Waals surface area contributed by atoms with Gasteiger partial charge in [-0.05, 0) is 36.6 Å². The van der Waals surface area contributed by atoms with E-state index in [4.69, 9.17) is 17.3 Å². The van der Waals surface area contributed by atoms with Crippen molar-refractivity contribution in [1.82, 2.24) is 0 Å². The second-order valence-corrected chi connectivity index (χ2v) is 4.12. The van der Waals surface area contributed by atoms with Gasteiger partial charge in [0.1, 0.15) is 0 Å². The molecule has 2 N–H and O–H groups in total. The predicted octanol–water partition coefficient (Wildman–Crippen LogP) is 3.81.